The average molecular weight is 301 g/mol. The van der Waals surface area contributed by atoms with Gasteiger partial charge in [-0.25, -0.2) is 0 Å². The first kappa shape index (κ1) is 13.1. The van der Waals surface area contributed by atoms with Crippen LogP contribution in [0.1, 0.15) is 0 Å². The van der Waals surface area contributed by atoms with Gasteiger partial charge >= 0.3 is 0 Å². The summed E-state index contributed by atoms with van der Waals surface area (Å²) in [5.41, 5.74) is 1.59. The molecule has 0 unspecified atom stereocenters. The van der Waals surface area contributed by atoms with E-state index in [-0.39, 0.29) is 5.91 Å². The summed E-state index contributed by atoms with van der Waals surface area (Å²) in [7, 11) is 0. The highest BCUT2D eigenvalue weighted by Gasteiger charge is 2.07. The van der Waals surface area contributed by atoms with Gasteiger partial charge in [0.25, 0.3) is 0 Å². The third kappa shape index (κ3) is 2.97. The number of carbonyl (C=O) groups excluding carboxylic acids is 1. The Labute approximate surface area is 124 Å². The molecule has 4 nitrogen and oxygen atoms in total. The number of nitrogens with one attached hydrogen (secondary N) is 1. The number of carbonyl (C=O) groups is 1. The van der Waals surface area contributed by atoms with Crippen LogP contribution in [0.5, 0.6) is 0 Å². The topological polar surface area (TPSA) is 54.9 Å². The summed E-state index contributed by atoms with van der Waals surface area (Å²) in [4.78, 5) is 12.9. The minimum Gasteiger partial charge on any atom is -0.300 e. The zero-order valence-corrected chi connectivity index (χ0v) is 12.1. The maximum Gasteiger partial charge on any atom is 0.236 e. The summed E-state index contributed by atoms with van der Waals surface area (Å²) in [6.07, 6.45) is 0. The second-order valence-electron chi connectivity index (χ2n) is 4.06. The molecule has 0 saturated heterocycles. The first-order valence-electron chi connectivity index (χ1n) is 5.99. The van der Waals surface area contributed by atoms with Gasteiger partial charge in [-0.1, -0.05) is 47.7 Å². The molecular weight excluding hydrogens is 290 g/mol. The summed E-state index contributed by atoms with van der Waals surface area (Å²) in [6.45, 7) is 0. The molecule has 0 saturated carbocycles. The van der Waals surface area contributed by atoms with Gasteiger partial charge in [0.1, 0.15) is 5.51 Å². The Balaban J connectivity index is 1.69. The molecular formula is C14H11N3OS2. The van der Waals surface area contributed by atoms with Crippen molar-refractivity contribution in [2.45, 2.75) is 4.90 Å². The number of hydrogen-bond donors (Lipinski definition) is 1. The third-order valence-electron chi connectivity index (χ3n) is 2.71. The molecule has 1 amide bonds. The maximum atomic E-state index is 11.8. The number of hydrogen-bond acceptors (Lipinski definition) is 5. The summed E-state index contributed by atoms with van der Waals surface area (Å²) in [6, 6.07) is 14.3. The molecule has 0 aliphatic heterocycles. The zero-order chi connectivity index (χ0) is 13.8. The molecule has 0 radical (unpaired) electrons. The SMILES string of the molecule is O=C(CSc1cccc2ccccc12)Nc1nncs1. The van der Waals surface area contributed by atoms with Crippen molar-refractivity contribution in [3.05, 3.63) is 48.0 Å². The van der Waals surface area contributed by atoms with E-state index in [1.165, 1.54) is 33.9 Å². The van der Waals surface area contributed by atoms with Crippen LogP contribution in [0, 0.1) is 0 Å². The Hall–Kier alpha value is -1.92. The van der Waals surface area contributed by atoms with Gasteiger partial charge in [-0.05, 0) is 16.8 Å². The first-order chi connectivity index (χ1) is 9.83. The molecule has 2 aromatic carbocycles. The number of thioether (sulfide) groups is 1. The Kier molecular flexibility index (Phi) is 3.94. The largest absolute Gasteiger partial charge is 0.300 e. The van der Waals surface area contributed by atoms with Gasteiger partial charge in [0.2, 0.25) is 11.0 Å². The Bertz CT molecular complexity index is 723. The summed E-state index contributed by atoms with van der Waals surface area (Å²) >= 11 is 2.84. The second-order valence-corrected chi connectivity index (χ2v) is 5.91. The molecule has 1 aromatic heterocycles. The highest BCUT2D eigenvalue weighted by molar-refractivity contribution is 8.00. The van der Waals surface area contributed by atoms with Gasteiger partial charge in [0, 0.05) is 4.90 Å². The molecule has 0 aliphatic rings. The van der Waals surface area contributed by atoms with Crippen LogP contribution in [-0.2, 0) is 4.79 Å². The van der Waals surface area contributed by atoms with Gasteiger partial charge in [0.05, 0.1) is 5.75 Å². The van der Waals surface area contributed by atoms with E-state index in [9.17, 15) is 4.79 Å². The fraction of sp³-hybridized carbons (Fsp3) is 0.0714. The molecule has 20 heavy (non-hydrogen) atoms. The van der Waals surface area contributed by atoms with Gasteiger partial charge < -0.3 is 0 Å². The van der Waals surface area contributed by atoms with Crippen LogP contribution >= 0.6 is 23.1 Å². The van der Waals surface area contributed by atoms with Crippen molar-refractivity contribution < 1.29 is 4.79 Å². The lowest BCUT2D eigenvalue weighted by Crippen LogP contribution is -2.13. The monoisotopic (exact) mass is 301 g/mol. The zero-order valence-electron chi connectivity index (χ0n) is 10.4. The predicted octanol–water partition coefficient (Wildman–Crippen LogP) is 3.42. The van der Waals surface area contributed by atoms with Crippen molar-refractivity contribution >= 4 is 44.9 Å². The molecule has 0 fully saturated rings. The van der Waals surface area contributed by atoms with Crippen LogP contribution in [0.4, 0.5) is 5.13 Å². The molecule has 6 heteroatoms. The normalized spacial score (nSPS) is 10.6. The molecule has 3 rings (SSSR count). The van der Waals surface area contributed by atoms with Gasteiger partial charge in [0.15, 0.2) is 0 Å². The highest BCUT2D eigenvalue weighted by atomic mass is 32.2. The van der Waals surface area contributed by atoms with Crippen molar-refractivity contribution in [3.63, 3.8) is 0 Å². The molecule has 0 atom stereocenters. The molecule has 3 aromatic rings. The fourth-order valence-electron chi connectivity index (χ4n) is 1.85. The smallest absolute Gasteiger partial charge is 0.236 e. The lowest BCUT2D eigenvalue weighted by atomic mass is 10.1. The van der Waals surface area contributed by atoms with Gasteiger partial charge in [-0.15, -0.1) is 22.0 Å². The van der Waals surface area contributed by atoms with E-state index >= 15 is 0 Å². The maximum absolute atomic E-state index is 11.8. The standard InChI is InChI=1S/C14H11N3OS2/c18-13(16-14-17-15-9-20-14)8-19-12-7-3-5-10-4-1-2-6-11(10)12/h1-7,9H,8H2,(H,16,17,18). The highest BCUT2D eigenvalue weighted by Crippen LogP contribution is 2.27. The third-order valence-corrected chi connectivity index (χ3v) is 4.39. The number of anilines is 1. The Morgan fingerprint density at radius 2 is 2.05 bits per heavy atom. The lowest BCUT2D eigenvalue weighted by Gasteiger charge is -2.05. The number of fused-ring (bicyclic) bond motifs is 1. The Morgan fingerprint density at radius 3 is 2.90 bits per heavy atom. The number of amides is 1. The number of nitrogens with zero attached hydrogens (tertiary/aromatic N) is 2. The quantitative estimate of drug-likeness (QED) is 0.750. The van der Waals surface area contributed by atoms with Crippen LogP contribution in [0.15, 0.2) is 52.9 Å². The van der Waals surface area contributed by atoms with Crippen LogP contribution < -0.4 is 5.32 Å². The van der Waals surface area contributed by atoms with Crippen molar-refractivity contribution in [1.29, 1.82) is 0 Å². The van der Waals surface area contributed by atoms with Crippen LogP contribution in [0.25, 0.3) is 10.8 Å². The Morgan fingerprint density at radius 1 is 1.20 bits per heavy atom. The molecule has 1 N–H and O–H groups in total. The van der Waals surface area contributed by atoms with E-state index in [1.54, 1.807) is 5.51 Å². The van der Waals surface area contributed by atoms with E-state index in [4.69, 9.17) is 0 Å². The minimum absolute atomic E-state index is 0.0697. The van der Waals surface area contributed by atoms with Crippen LogP contribution in [-0.4, -0.2) is 21.9 Å². The second kappa shape index (κ2) is 6.02. The van der Waals surface area contributed by atoms with E-state index in [2.05, 4.69) is 33.7 Å². The minimum atomic E-state index is -0.0697. The van der Waals surface area contributed by atoms with Crippen molar-refractivity contribution in [2.75, 3.05) is 11.1 Å². The molecule has 0 aliphatic carbocycles. The first-order valence-corrected chi connectivity index (χ1v) is 7.86. The summed E-state index contributed by atoms with van der Waals surface area (Å²) in [5, 5.41) is 13.1. The van der Waals surface area contributed by atoms with E-state index in [1.807, 2.05) is 24.3 Å². The summed E-state index contributed by atoms with van der Waals surface area (Å²) < 4.78 is 0. The van der Waals surface area contributed by atoms with Crippen molar-refractivity contribution in [3.8, 4) is 0 Å². The number of rotatable bonds is 4. The average Bonchev–Trinajstić information content (AvgIpc) is 2.98. The van der Waals surface area contributed by atoms with Gasteiger partial charge in [-0.3, -0.25) is 10.1 Å². The predicted molar refractivity (Wildman–Crippen MR) is 83.2 cm³/mol. The summed E-state index contributed by atoms with van der Waals surface area (Å²) in [5.74, 6) is 0.285. The van der Waals surface area contributed by atoms with Crippen molar-refractivity contribution in [2.24, 2.45) is 0 Å². The fourth-order valence-corrected chi connectivity index (χ4v) is 3.18. The molecule has 0 spiro atoms. The van der Waals surface area contributed by atoms with Crippen molar-refractivity contribution in [1.82, 2.24) is 10.2 Å². The van der Waals surface area contributed by atoms with Crippen LogP contribution in [0.2, 0.25) is 0 Å². The van der Waals surface area contributed by atoms with E-state index in [0.717, 1.165) is 4.90 Å². The van der Waals surface area contributed by atoms with E-state index < -0.39 is 0 Å². The molecule has 100 valence electrons. The molecule has 1 heterocycles. The van der Waals surface area contributed by atoms with Crippen LogP contribution in [0.3, 0.4) is 0 Å². The number of aromatic nitrogens is 2. The lowest BCUT2D eigenvalue weighted by molar-refractivity contribution is -0.113. The van der Waals surface area contributed by atoms with Gasteiger partial charge in [-0.2, -0.15) is 0 Å². The van der Waals surface area contributed by atoms with E-state index in [0.29, 0.717) is 10.9 Å². The molecule has 0 bridgehead atoms. The number of benzene rings is 2.